The molecular weight excluding hydrogens is 405 g/mol. The molecule has 0 aliphatic heterocycles. The zero-order valence-electron chi connectivity index (χ0n) is 17.2. The summed E-state index contributed by atoms with van der Waals surface area (Å²) in [6.45, 7) is 6.38. The van der Waals surface area contributed by atoms with E-state index in [4.69, 9.17) is 4.74 Å². The van der Waals surface area contributed by atoms with Crippen molar-refractivity contribution in [3.05, 3.63) is 71.9 Å². The number of para-hydroxylation sites is 1. The van der Waals surface area contributed by atoms with Gasteiger partial charge >= 0.3 is 6.18 Å². The predicted molar refractivity (Wildman–Crippen MR) is 114 cm³/mol. The van der Waals surface area contributed by atoms with Gasteiger partial charge < -0.3 is 15.0 Å². The molecule has 31 heavy (non-hydrogen) atoms. The number of ether oxygens (including phenoxy) is 1. The van der Waals surface area contributed by atoms with E-state index in [1.165, 1.54) is 24.4 Å². The van der Waals surface area contributed by atoms with E-state index in [9.17, 15) is 13.2 Å². The molecule has 0 atom stereocenters. The monoisotopic (exact) mass is 426 g/mol. The largest absolute Gasteiger partial charge is 0.436 e. The molecule has 4 aromatic rings. The van der Waals surface area contributed by atoms with Crippen molar-refractivity contribution in [3.8, 4) is 11.6 Å². The minimum atomic E-state index is -4.54. The zero-order chi connectivity index (χ0) is 22.2. The summed E-state index contributed by atoms with van der Waals surface area (Å²) in [5.41, 5.74) is 2.28. The Bertz CT molecular complexity index is 1230. The lowest BCUT2D eigenvalue weighted by molar-refractivity contribution is -0.138. The number of nitrogens with one attached hydrogen (secondary N) is 2. The van der Waals surface area contributed by atoms with Gasteiger partial charge in [0.25, 0.3) is 0 Å². The van der Waals surface area contributed by atoms with E-state index in [-0.39, 0.29) is 17.0 Å². The summed E-state index contributed by atoms with van der Waals surface area (Å²) in [7, 11) is 0. The average molecular weight is 426 g/mol. The summed E-state index contributed by atoms with van der Waals surface area (Å²) in [6.07, 6.45) is -3.09. The van der Waals surface area contributed by atoms with E-state index in [1.54, 1.807) is 12.1 Å². The third-order valence-corrected chi connectivity index (χ3v) is 4.77. The molecule has 0 bridgehead atoms. The predicted octanol–water partition coefficient (Wildman–Crippen LogP) is 6.81. The first kappa shape index (κ1) is 20.7. The van der Waals surface area contributed by atoms with Crippen LogP contribution >= 0.6 is 0 Å². The molecule has 0 aliphatic rings. The van der Waals surface area contributed by atoms with Crippen LogP contribution in [0.3, 0.4) is 0 Å². The van der Waals surface area contributed by atoms with Gasteiger partial charge in [-0.15, -0.1) is 0 Å². The summed E-state index contributed by atoms with van der Waals surface area (Å²) >= 11 is 0. The van der Waals surface area contributed by atoms with Gasteiger partial charge in [0, 0.05) is 6.20 Å². The minimum absolute atomic E-state index is 0.00929. The zero-order valence-corrected chi connectivity index (χ0v) is 17.2. The van der Waals surface area contributed by atoms with E-state index in [0.29, 0.717) is 11.6 Å². The molecule has 5 nitrogen and oxygen atoms in total. The van der Waals surface area contributed by atoms with Gasteiger partial charge in [-0.05, 0) is 47.4 Å². The third-order valence-electron chi connectivity index (χ3n) is 4.77. The number of H-pyrrole nitrogens is 1. The number of anilines is 2. The van der Waals surface area contributed by atoms with Gasteiger partial charge in [0.15, 0.2) is 0 Å². The number of aromatic nitrogens is 3. The number of benzene rings is 2. The molecule has 4 rings (SSSR count). The Hall–Kier alpha value is -3.55. The van der Waals surface area contributed by atoms with Crippen LogP contribution in [0.25, 0.3) is 11.0 Å². The van der Waals surface area contributed by atoms with E-state index in [2.05, 4.69) is 41.0 Å². The number of alkyl halides is 3. The second kappa shape index (κ2) is 7.61. The van der Waals surface area contributed by atoms with Gasteiger partial charge in [0.2, 0.25) is 11.8 Å². The van der Waals surface area contributed by atoms with Gasteiger partial charge in [-0.3, -0.25) is 0 Å². The SMILES string of the molecule is CC(C)(C)c1ccc2nc(Nc3cccnc3Oc3ccccc3C(F)(F)F)[nH]c2c1. The molecular formula is C23H21F3N4O. The van der Waals surface area contributed by atoms with Crippen molar-refractivity contribution in [2.75, 3.05) is 5.32 Å². The molecule has 0 spiro atoms. The number of hydrogen-bond donors (Lipinski definition) is 2. The molecule has 0 fully saturated rings. The number of imidazole rings is 1. The maximum atomic E-state index is 13.3. The molecule has 160 valence electrons. The molecule has 0 amide bonds. The topological polar surface area (TPSA) is 62.8 Å². The van der Waals surface area contributed by atoms with E-state index in [0.717, 1.165) is 22.7 Å². The normalized spacial score (nSPS) is 12.2. The average Bonchev–Trinajstić information content (AvgIpc) is 3.10. The Kier molecular flexibility index (Phi) is 5.08. The van der Waals surface area contributed by atoms with Gasteiger partial charge in [0.1, 0.15) is 11.4 Å². The maximum absolute atomic E-state index is 13.3. The van der Waals surface area contributed by atoms with E-state index < -0.39 is 11.7 Å². The van der Waals surface area contributed by atoms with Crippen molar-refractivity contribution in [1.29, 1.82) is 0 Å². The van der Waals surface area contributed by atoms with Crippen molar-refractivity contribution < 1.29 is 17.9 Å². The van der Waals surface area contributed by atoms with Crippen LogP contribution in [0.5, 0.6) is 11.6 Å². The molecule has 0 radical (unpaired) electrons. The second-order valence-electron chi connectivity index (χ2n) is 8.14. The number of halogens is 3. The van der Waals surface area contributed by atoms with Gasteiger partial charge in [-0.2, -0.15) is 13.2 Å². The lowest BCUT2D eigenvalue weighted by Crippen LogP contribution is -2.10. The highest BCUT2D eigenvalue weighted by Crippen LogP contribution is 2.39. The van der Waals surface area contributed by atoms with Crippen molar-refractivity contribution >= 4 is 22.7 Å². The highest BCUT2D eigenvalue weighted by molar-refractivity contribution is 5.79. The van der Waals surface area contributed by atoms with E-state index >= 15 is 0 Å². The van der Waals surface area contributed by atoms with Crippen molar-refractivity contribution in [3.63, 3.8) is 0 Å². The molecule has 2 N–H and O–H groups in total. The smallest absolute Gasteiger partial charge is 0.419 e. The van der Waals surface area contributed by atoms with Crippen LogP contribution in [-0.2, 0) is 11.6 Å². The summed E-state index contributed by atoms with van der Waals surface area (Å²) in [6, 6.07) is 14.3. The fraction of sp³-hybridized carbons (Fsp3) is 0.217. The number of aromatic amines is 1. The van der Waals surface area contributed by atoms with Crippen LogP contribution in [0.1, 0.15) is 31.9 Å². The maximum Gasteiger partial charge on any atom is 0.419 e. The van der Waals surface area contributed by atoms with Crippen LogP contribution < -0.4 is 10.1 Å². The lowest BCUT2D eigenvalue weighted by Gasteiger charge is -2.18. The third kappa shape index (κ3) is 4.47. The van der Waals surface area contributed by atoms with Gasteiger partial charge in [-0.1, -0.05) is 39.0 Å². The molecule has 0 aliphatic carbocycles. The lowest BCUT2D eigenvalue weighted by atomic mass is 9.87. The fourth-order valence-electron chi connectivity index (χ4n) is 3.12. The van der Waals surface area contributed by atoms with E-state index in [1.807, 2.05) is 18.2 Å². The number of hydrogen-bond acceptors (Lipinski definition) is 4. The molecule has 8 heteroatoms. The quantitative estimate of drug-likeness (QED) is 0.376. The molecule has 0 saturated heterocycles. The summed E-state index contributed by atoms with van der Waals surface area (Å²) in [5, 5.41) is 3.06. The minimum Gasteiger partial charge on any atom is -0.436 e. The number of fused-ring (bicyclic) bond motifs is 1. The number of nitrogens with zero attached hydrogens (tertiary/aromatic N) is 2. The van der Waals surface area contributed by atoms with Crippen LogP contribution in [-0.4, -0.2) is 15.0 Å². The molecule has 2 aromatic carbocycles. The first-order valence-electron chi connectivity index (χ1n) is 9.67. The van der Waals surface area contributed by atoms with Crippen LogP contribution in [0.4, 0.5) is 24.8 Å². The molecule has 0 unspecified atom stereocenters. The Balaban J connectivity index is 1.65. The Morgan fingerprint density at radius 1 is 0.968 bits per heavy atom. The fourth-order valence-corrected chi connectivity index (χ4v) is 3.12. The Labute approximate surface area is 177 Å². The molecule has 2 heterocycles. The summed E-state index contributed by atoms with van der Waals surface area (Å²) in [4.78, 5) is 11.8. The van der Waals surface area contributed by atoms with Crippen LogP contribution in [0.2, 0.25) is 0 Å². The first-order chi connectivity index (χ1) is 14.6. The van der Waals surface area contributed by atoms with Crippen LogP contribution in [0.15, 0.2) is 60.8 Å². The highest BCUT2D eigenvalue weighted by atomic mass is 19.4. The Morgan fingerprint density at radius 2 is 1.74 bits per heavy atom. The van der Waals surface area contributed by atoms with Crippen molar-refractivity contribution in [2.24, 2.45) is 0 Å². The van der Waals surface area contributed by atoms with Gasteiger partial charge in [0.05, 0.1) is 16.6 Å². The highest BCUT2D eigenvalue weighted by Gasteiger charge is 2.34. The standard InChI is InChI=1S/C23H21F3N4O/c1-22(2,3)14-10-11-16-18(13-14)30-21(28-16)29-17-8-6-12-27-20(17)31-19-9-5-4-7-15(19)23(24,25)26/h4-13H,1-3H3,(H2,28,29,30). The second-order valence-corrected chi connectivity index (χ2v) is 8.14. The Morgan fingerprint density at radius 3 is 2.48 bits per heavy atom. The summed E-state index contributed by atoms with van der Waals surface area (Å²) in [5.74, 6) is 0.120. The summed E-state index contributed by atoms with van der Waals surface area (Å²) < 4.78 is 45.4. The number of rotatable bonds is 4. The number of pyridine rings is 1. The van der Waals surface area contributed by atoms with Crippen molar-refractivity contribution in [2.45, 2.75) is 32.4 Å². The first-order valence-corrected chi connectivity index (χ1v) is 9.67. The molecule has 0 saturated carbocycles. The van der Waals surface area contributed by atoms with Crippen LogP contribution in [0, 0.1) is 0 Å². The molecule has 2 aromatic heterocycles. The van der Waals surface area contributed by atoms with Crippen molar-refractivity contribution in [1.82, 2.24) is 15.0 Å². The van der Waals surface area contributed by atoms with Gasteiger partial charge in [-0.25, -0.2) is 9.97 Å².